The van der Waals surface area contributed by atoms with E-state index in [1.165, 1.54) is 0 Å². The van der Waals surface area contributed by atoms with E-state index in [2.05, 4.69) is 20.7 Å². The number of nitrogens with zero attached hydrogens (tertiary/aromatic N) is 2. The van der Waals surface area contributed by atoms with Gasteiger partial charge in [0, 0.05) is 16.7 Å². The Kier molecular flexibility index (Phi) is 5.56. The normalized spacial score (nSPS) is 11.8. The number of benzene rings is 1. The molecule has 0 saturated heterocycles. The molecule has 0 aliphatic rings. The molecule has 0 fully saturated rings. The van der Waals surface area contributed by atoms with E-state index in [4.69, 9.17) is 20.9 Å². The van der Waals surface area contributed by atoms with Crippen molar-refractivity contribution < 1.29 is 18.8 Å². The zero-order valence-corrected chi connectivity index (χ0v) is 15.4. The Hall–Kier alpha value is -3.13. The van der Waals surface area contributed by atoms with Crippen LogP contribution in [0.1, 0.15) is 29.6 Å². The minimum Gasteiger partial charge on any atom is -0.448 e. The van der Waals surface area contributed by atoms with Crippen LogP contribution < -0.4 is 5.32 Å². The first-order valence-electron chi connectivity index (χ1n) is 8.22. The van der Waals surface area contributed by atoms with Gasteiger partial charge < -0.3 is 14.6 Å². The van der Waals surface area contributed by atoms with Crippen molar-refractivity contribution in [2.24, 2.45) is 0 Å². The van der Waals surface area contributed by atoms with Gasteiger partial charge in [-0.25, -0.2) is 4.79 Å². The minimum atomic E-state index is -0.975. The van der Waals surface area contributed by atoms with Gasteiger partial charge >= 0.3 is 5.97 Å². The SMILES string of the molecule is CCC(OC(=O)c1cc(-c2ccc(Cl)cc2)n[nH]1)C(=O)Nc1cc(C)on1. The molecule has 0 aliphatic carbocycles. The highest BCUT2D eigenvalue weighted by Gasteiger charge is 2.24. The summed E-state index contributed by atoms with van der Waals surface area (Å²) in [5.74, 6) is -0.348. The predicted octanol–water partition coefficient (Wildman–Crippen LogP) is 3.60. The van der Waals surface area contributed by atoms with E-state index in [-0.39, 0.29) is 11.5 Å². The molecule has 1 atom stereocenters. The van der Waals surface area contributed by atoms with Crippen molar-refractivity contribution in [1.29, 1.82) is 0 Å². The molecule has 3 aromatic rings. The molecular weight excluding hydrogens is 372 g/mol. The van der Waals surface area contributed by atoms with Gasteiger partial charge in [0.1, 0.15) is 11.5 Å². The maximum atomic E-state index is 12.3. The van der Waals surface area contributed by atoms with E-state index in [1.807, 2.05) is 0 Å². The van der Waals surface area contributed by atoms with Crippen LogP contribution in [0, 0.1) is 6.92 Å². The number of amides is 1. The summed E-state index contributed by atoms with van der Waals surface area (Å²) in [7, 11) is 0. The molecule has 9 heteroatoms. The number of anilines is 1. The van der Waals surface area contributed by atoms with Crippen LogP contribution >= 0.6 is 11.6 Å². The number of rotatable bonds is 6. The number of esters is 1. The van der Waals surface area contributed by atoms with Gasteiger partial charge in [0.25, 0.3) is 5.91 Å². The van der Waals surface area contributed by atoms with E-state index in [1.54, 1.807) is 50.2 Å². The molecule has 2 aromatic heterocycles. The summed E-state index contributed by atoms with van der Waals surface area (Å²) in [5, 5.41) is 13.5. The van der Waals surface area contributed by atoms with Crippen molar-refractivity contribution in [2.45, 2.75) is 26.4 Å². The van der Waals surface area contributed by atoms with E-state index < -0.39 is 18.0 Å². The molecule has 1 unspecified atom stereocenters. The molecule has 2 heterocycles. The quantitative estimate of drug-likeness (QED) is 0.624. The number of hydrogen-bond acceptors (Lipinski definition) is 6. The van der Waals surface area contributed by atoms with Crippen LogP contribution in [0.4, 0.5) is 5.82 Å². The molecule has 27 heavy (non-hydrogen) atoms. The molecule has 0 spiro atoms. The van der Waals surface area contributed by atoms with Gasteiger partial charge in [-0.1, -0.05) is 35.8 Å². The molecular formula is C18H17ClN4O4. The number of aryl methyl sites for hydroxylation is 1. The fraction of sp³-hybridized carbons (Fsp3) is 0.222. The fourth-order valence-corrected chi connectivity index (χ4v) is 2.47. The van der Waals surface area contributed by atoms with E-state index in [0.717, 1.165) is 5.56 Å². The number of aromatic nitrogens is 3. The van der Waals surface area contributed by atoms with E-state index in [9.17, 15) is 9.59 Å². The summed E-state index contributed by atoms with van der Waals surface area (Å²) in [6.45, 7) is 3.44. The fourth-order valence-electron chi connectivity index (χ4n) is 2.34. The number of H-pyrrole nitrogens is 1. The molecule has 0 saturated carbocycles. The molecule has 3 rings (SSSR count). The molecule has 1 amide bonds. The smallest absolute Gasteiger partial charge is 0.357 e. The summed E-state index contributed by atoms with van der Waals surface area (Å²) in [5.41, 5.74) is 1.50. The first-order chi connectivity index (χ1) is 13.0. The molecule has 0 radical (unpaired) electrons. The minimum absolute atomic E-state index is 0.142. The molecule has 8 nitrogen and oxygen atoms in total. The Morgan fingerprint density at radius 3 is 2.67 bits per heavy atom. The lowest BCUT2D eigenvalue weighted by Crippen LogP contribution is -2.32. The Bertz CT molecular complexity index is 948. The van der Waals surface area contributed by atoms with Crippen molar-refractivity contribution in [2.75, 3.05) is 5.32 Å². The van der Waals surface area contributed by atoms with Gasteiger partial charge in [-0.2, -0.15) is 5.10 Å². The van der Waals surface area contributed by atoms with Crippen LogP contribution in [-0.4, -0.2) is 33.3 Å². The third-order valence-corrected chi connectivity index (χ3v) is 3.98. The van der Waals surface area contributed by atoms with Gasteiger partial charge in [-0.05, 0) is 31.5 Å². The standard InChI is InChI=1S/C18H17ClN4O4/c1-3-15(17(24)20-16-8-10(2)27-23-16)26-18(25)14-9-13(21-22-14)11-4-6-12(19)7-5-11/h4-9,15H,3H2,1-2H3,(H,21,22)(H,20,23,24). The van der Waals surface area contributed by atoms with Crippen molar-refractivity contribution >= 4 is 29.3 Å². The van der Waals surface area contributed by atoms with Gasteiger partial charge in [-0.15, -0.1) is 0 Å². The number of halogens is 1. The molecule has 1 aromatic carbocycles. The van der Waals surface area contributed by atoms with Crippen LogP contribution in [0.2, 0.25) is 5.02 Å². The number of ether oxygens (including phenoxy) is 1. The zero-order chi connectivity index (χ0) is 19.4. The number of nitrogens with one attached hydrogen (secondary N) is 2. The highest BCUT2D eigenvalue weighted by molar-refractivity contribution is 6.30. The van der Waals surface area contributed by atoms with Crippen LogP contribution in [0.3, 0.4) is 0 Å². The highest BCUT2D eigenvalue weighted by atomic mass is 35.5. The van der Waals surface area contributed by atoms with Crippen molar-refractivity contribution in [3.63, 3.8) is 0 Å². The third kappa shape index (κ3) is 4.53. The summed E-state index contributed by atoms with van der Waals surface area (Å²) < 4.78 is 10.2. The lowest BCUT2D eigenvalue weighted by molar-refractivity contribution is -0.124. The summed E-state index contributed by atoms with van der Waals surface area (Å²) in [4.78, 5) is 24.6. The monoisotopic (exact) mass is 388 g/mol. The van der Waals surface area contributed by atoms with Crippen molar-refractivity contribution in [3.05, 3.63) is 52.9 Å². The highest BCUT2D eigenvalue weighted by Crippen LogP contribution is 2.21. The summed E-state index contributed by atoms with van der Waals surface area (Å²) >= 11 is 5.87. The Morgan fingerprint density at radius 1 is 1.30 bits per heavy atom. The lowest BCUT2D eigenvalue weighted by Gasteiger charge is -2.14. The summed E-state index contributed by atoms with van der Waals surface area (Å²) in [6, 6.07) is 10.2. The topological polar surface area (TPSA) is 110 Å². The first kappa shape index (κ1) is 18.7. The van der Waals surface area contributed by atoms with E-state index >= 15 is 0 Å². The first-order valence-corrected chi connectivity index (χ1v) is 8.60. The maximum absolute atomic E-state index is 12.3. The van der Waals surface area contributed by atoms with Crippen LogP contribution in [-0.2, 0) is 9.53 Å². The van der Waals surface area contributed by atoms with Crippen LogP contribution in [0.5, 0.6) is 0 Å². The Labute approximate surface area is 159 Å². The van der Waals surface area contributed by atoms with Crippen LogP contribution in [0.25, 0.3) is 11.3 Å². The number of carbonyl (C=O) groups is 2. The van der Waals surface area contributed by atoms with Gasteiger partial charge in [0.05, 0.1) is 5.69 Å². The molecule has 2 N–H and O–H groups in total. The second-order valence-corrected chi connectivity index (χ2v) is 6.22. The lowest BCUT2D eigenvalue weighted by atomic mass is 10.1. The number of aromatic amines is 1. The molecule has 0 aliphatic heterocycles. The van der Waals surface area contributed by atoms with Gasteiger partial charge in [0.2, 0.25) is 0 Å². The second-order valence-electron chi connectivity index (χ2n) is 5.79. The number of hydrogen-bond donors (Lipinski definition) is 2. The van der Waals surface area contributed by atoms with E-state index in [0.29, 0.717) is 22.9 Å². The van der Waals surface area contributed by atoms with Crippen molar-refractivity contribution in [3.8, 4) is 11.3 Å². The molecule has 140 valence electrons. The van der Waals surface area contributed by atoms with Crippen LogP contribution in [0.15, 0.2) is 40.9 Å². The Balaban J connectivity index is 1.66. The second kappa shape index (κ2) is 8.05. The maximum Gasteiger partial charge on any atom is 0.357 e. The summed E-state index contributed by atoms with van der Waals surface area (Å²) in [6.07, 6.45) is -0.677. The average molecular weight is 389 g/mol. The predicted molar refractivity (Wildman–Crippen MR) is 98.4 cm³/mol. The largest absolute Gasteiger partial charge is 0.448 e. The van der Waals surface area contributed by atoms with Crippen molar-refractivity contribution in [1.82, 2.24) is 15.4 Å². The zero-order valence-electron chi connectivity index (χ0n) is 14.7. The Morgan fingerprint density at radius 2 is 2.04 bits per heavy atom. The number of carbonyl (C=O) groups excluding carboxylic acids is 2. The molecule has 0 bridgehead atoms. The average Bonchev–Trinajstić information content (AvgIpc) is 3.29. The van der Waals surface area contributed by atoms with Gasteiger partial charge in [-0.3, -0.25) is 9.89 Å². The third-order valence-electron chi connectivity index (χ3n) is 3.73. The van der Waals surface area contributed by atoms with Gasteiger partial charge in [0.15, 0.2) is 11.9 Å².